The molecule has 1 aromatic carbocycles. The molecule has 14 heavy (non-hydrogen) atoms. The summed E-state index contributed by atoms with van der Waals surface area (Å²) < 4.78 is 5.79. The average molecular weight is 187 g/mol. The molecule has 1 aromatic rings. The summed E-state index contributed by atoms with van der Waals surface area (Å²) in [5, 5.41) is 0. The minimum atomic E-state index is 0.246. The molecular weight excluding hydrogens is 172 g/mol. The van der Waals surface area contributed by atoms with Gasteiger partial charge in [-0.3, -0.25) is 0 Å². The van der Waals surface area contributed by atoms with Crippen LogP contribution in [0.2, 0.25) is 0 Å². The van der Waals surface area contributed by atoms with E-state index >= 15 is 0 Å². The van der Waals surface area contributed by atoms with Crippen molar-refractivity contribution in [2.24, 2.45) is 0 Å². The lowest BCUT2D eigenvalue weighted by molar-refractivity contribution is 0.236. The van der Waals surface area contributed by atoms with Crippen molar-refractivity contribution in [3.05, 3.63) is 42.5 Å². The highest BCUT2D eigenvalue weighted by atomic mass is 16.5. The first-order valence-electron chi connectivity index (χ1n) is 5.25. The number of hydrogen-bond acceptors (Lipinski definition) is 1. The molecule has 1 heteroatoms. The van der Waals surface area contributed by atoms with Gasteiger partial charge in [0.05, 0.1) is 0 Å². The molecule has 0 amide bonds. The second-order valence-corrected chi connectivity index (χ2v) is 3.60. The molecule has 0 heterocycles. The van der Waals surface area contributed by atoms with Crippen LogP contribution >= 0.6 is 0 Å². The summed E-state index contributed by atoms with van der Waals surface area (Å²) in [6.45, 7) is 0. The molecule has 0 saturated carbocycles. The lowest BCUT2D eigenvalue weighted by Gasteiger charge is -2.13. The van der Waals surface area contributed by atoms with Crippen LogP contribution in [0.1, 0.15) is 25.7 Å². The van der Waals surface area contributed by atoms with Gasteiger partial charge < -0.3 is 4.74 Å². The van der Waals surface area contributed by atoms with Gasteiger partial charge in [0.2, 0.25) is 0 Å². The van der Waals surface area contributed by atoms with E-state index in [-0.39, 0.29) is 6.10 Å². The molecule has 0 N–H and O–H groups in total. The van der Waals surface area contributed by atoms with Crippen LogP contribution in [0.4, 0.5) is 0 Å². The fraction of sp³-hybridized carbons (Fsp3) is 0.385. The standard InChI is InChI=1S/C13H15O/c1-2-5-9-12(8-4-1)14-13-10-6-3-7-11-13/h3-4,6-8,10,12H,1-2,5,9H2. The van der Waals surface area contributed by atoms with E-state index in [4.69, 9.17) is 4.74 Å². The Morgan fingerprint density at radius 1 is 1.29 bits per heavy atom. The predicted octanol–water partition coefficient (Wildman–Crippen LogP) is 3.36. The lowest BCUT2D eigenvalue weighted by atomic mass is 10.2. The second-order valence-electron chi connectivity index (χ2n) is 3.60. The number of hydrogen-bond donors (Lipinski definition) is 0. The Bertz CT molecular complexity index is 289. The Labute approximate surface area is 85.4 Å². The van der Waals surface area contributed by atoms with Gasteiger partial charge in [-0.15, -0.1) is 0 Å². The van der Waals surface area contributed by atoms with Crippen molar-refractivity contribution in [1.82, 2.24) is 0 Å². The van der Waals surface area contributed by atoms with Crippen molar-refractivity contribution in [1.29, 1.82) is 0 Å². The number of rotatable bonds is 2. The third-order valence-electron chi connectivity index (χ3n) is 2.42. The molecule has 2 rings (SSSR count). The Hall–Kier alpha value is -1.24. The molecule has 0 aliphatic heterocycles. The molecule has 1 radical (unpaired) electrons. The van der Waals surface area contributed by atoms with Crippen LogP contribution in [0.25, 0.3) is 0 Å². The zero-order valence-corrected chi connectivity index (χ0v) is 8.28. The normalized spacial score (nSPS) is 21.6. The lowest BCUT2D eigenvalue weighted by Crippen LogP contribution is -2.12. The van der Waals surface area contributed by atoms with E-state index in [0.717, 1.165) is 12.2 Å². The summed E-state index contributed by atoms with van der Waals surface area (Å²) in [6, 6.07) is 10.9. The number of ether oxygens (including phenoxy) is 1. The Kier molecular flexibility index (Phi) is 3.23. The quantitative estimate of drug-likeness (QED) is 0.645. The summed E-state index contributed by atoms with van der Waals surface area (Å²) in [5.41, 5.74) is 0. The zero-order chi connectivity index (χ0) is 9.64. The largest absolute Gasteiger partial charge is 0.486 e. The maximum atomic E-state index is 5.79. The summed E-state index contributed by atoms with van der Waals surface area (Å²) in [6.07, 6.45) is 9.50. The second kappa shape index (κ2) is 4.85. The van der Waals surface area contributed by atoms with E-state index in [9.17, 15) is 0 Å². The summed E-state index contributed by atoms with van der Waals surface area (Å²) in [7, 11) is 0. The molecule has 1 atom stereocenters. The van der Waals surface area contributed by atoms with E-state index in [0.29, 0.717) is 0 Å². The van der Waals surface area contributed by atoms with Crippen LogP contribution in [0, 0.1) is 6.07 Å². The molecule has 73 valence electrons. The van der Waals surface area contributed by atoms with E-state index in [2.05, 4.69) is 18.2 Å². The smallest absolute Gasteiger partial charge is 0.128 e. The first kappa shape index (κ1) is 9.32. The minimum Gasteiger partial charge on any atom is -0.486 e. The average Bonchev–Trinajstić information content (AvgIpc) is 2.48. The van der Waals surface area contributed by atoms with Crippen molar-refractivity contribution in [2.75, 3.05) is 0 Å². The SMILES string of the molecule is [c]1ccccc1OC1C=CCCCC1. The first-order chi connectivity index (χ1) is 6.95. The molecule has 0 spiro atoms. The monoisotopic (exact) mass is 187 g/mol. The van der Waals surface area contributed by atoms with Gasteiger partial charge in [0, 0.05) is 6.07 Å². The van der Waals surface area contributed by atoms with Crippen LogP contribution in [-0.4, -0.2) is 6.10 Å². The highest BCUT2D eigenvalue weighted by Crippen LogP contribution is 2.17. The molecule has 1 unspecified atom stereocenters. The van der Waals surface area contributed by atoms with Crippen molar-refractivity contribution >= 4 is 0 Å². The third kappa shape index (κ3) is 2.63. The fourth-order valence-corrected chi connectivity index (χ4v) is 1.66. The maximum absolute atomic E-state index is 5.79. The van der Waals surface area contributed by atoms with Crippen LogP contribution in [0.15, 0.2) is 36.4 Å². The molecule has 0 aromatic heterocycles. The molecule has 0 fully saturated rings. The van der Waals surface area contributed by atoms with Gasteiger partial charge in [0.25, 0.3) is 0 Å². The molecule has 0 bridgehead atoms. The van der Waals surface area contributed by atoms with Crippen LogP contribution in [0.3, 0.4) is 0 Å². The van der Waals surface area contributed by atoms with Gasteiger partial charge in [0.1, 0.15) is 11.9 Å². The summed E-state index contributed by atoms with van der Waals surface area (Å²) >= 11 is 0. The minimum absolute atomic E-state index is 0.246. The van der Waals surface area contributed by atoms with Crippen molar-refractivity contribution in [2.45, 2.75) is 31.8 Å². The van der Waals surface area contributed by atoms with Gasteiger partial charge in [0.15, 0.2) is 0 Å². The van der Waals surface area contributed by atoms with Crippen molar-refractivity contribution in [3.63, 3.8) is 0 Å². The van der Waals surface area contributed by atoms with Gasteiger partial charge in [-0.2, -0.15) is 0 Å². The predicted molar refractivity (Wildman–Crippen MR) is 57.3 cm³/mol. The maximum Gasteiger partial charge on any atom is 0.128 e. The van der Waals surface area contributed by atoms with Gasteiger partial charge >= 0.3 is 0 Å². The van der Waals surface area contributed by atoms with Gasteiger partial charge in [-0.1, -0.05) is 24.3 Å². The number of para-hydroxylation sites is 1. The highest BCUT2D eigenvalue weighted by molar-refractivity contribution is 5.20. The van der Waals surface area contributed by atoms with Crippen LogP contribution < -0.4 is 4.74 Å². The van der Waals surface area contributed by atoms with Gasteiger partial charge in [-0.05, 0) is 37.8 Å². The molecule has 0 saturated heterocycles. The summed E-state index contributed by atoms with van der Waals surface area (Å²) in [4.78, 5) is 0. The number of benzene rings is 1. The van der Waals surface area contributed by atoms with Crippen LogP contribution in [-0.2, 0) is 0 Å². The topological polar surface area (TPSA) is 9.23 Å². The Morgan fingerprint density at radius 2 is 2.29 bits per heavy atom. The van der Waals surface area contributed by atoms with Crippen molar-refractivity contribution in [3.8, 4) is 5.75 Å². The van der Waals surface area contributed by atoms with Crippen LogP contribution in [0.5, 0.6) is 5.75 Å². The molecule has 1 aliphatic carbocycles. The fourth-order valence-electron chi connectivity index (χ4n) is 1.66. The molecule has 1 nitrogen and oxygen atoms in total. The highest BCUT2D eigenvalue weighted by Gasteiger charge is 2.08. The first-order valence-corrected chi connectivity index (χ1v) is 5.25. The Balaban J connectivity index is 1.96. The molecular formula is C13H15O. The molecule has 1 aliphatic rings. The van der Waals surface area contributed by atoms with Gasteiger partial charge in [-0.25, -0.2) is 0 Å². The van der Waals surface area contributed by atoms with E-state index in [1.54, 1.807) is 0 Å². The zero-order valence-electron chi connectivity index (χ0n) is 8.28. The van der Waals surface area contributed by atoms with Crippen molar-refractivity contribution < 1.29 is 4.74 Å². The Morgan fingerprint density at radius 3 is 3.14 bits per heavy atom. The van der Waals surface area contributed by atoms with E-state index in [1.807, 2.05) is 24.3 Å². The van der Waals surface area contributed by atoms with E-state index < -0.39 is 0 Å². The number of allylic oxidation sites excluding steroid dienone is 1. The third-order valence-corrected chi connectivity index (χ3v) is 2.42. The summed E-state index contributed by atoms with van der Waals surface area (Å²) in [5.74, 6) is 0.851. The van der Waals surface area contributed by atoms with E-state index in [1.165, 1.54) is 19.3 Å².